The number of rotatable bonds is 9. The molecule has 0 fully saturated rings. The van der Waals surface area contributed by atoms with Crippen molar-refractivity contribution in [1.82, 2.24) is 0 Å². The molecule has 0 unspecified atom stereocenters. The van der Waals surface area contributed by atoms with E-state index in [-0.39, 0.29) is 5.78 Å². The van der Waals surface area contributed by atoms with Crippen LogP contribution in [0.15, 0.2) is 182 Å². The van der Waals surface area contributed by atoms with Crippen molar-refractivity contribution in [3.8, 4) is 0 Å². The van der Waals surface area contributed by atoms with Gasteiger partial charge in [-0.15, -0.1) is 0 Å². The first kappa shape index (κ1) is 29.5. The van der Waals surface area contributed by atoms with Crippen LogP contribution in [0.1, 0.15) is 15.9 Å². The summed E-state index contributed by atoms with van der Waals surface area (Å²) < 4.78 is 5.61. The number of Topliss-reactive ketones (excluding diaryl/α,β-unsaturated/α-hetero) is 1. The maximum atomic E-state index is 12.6. The van der Waals surface area contributed by atoms with Crippen LogP contribution in [0.2, 0.25) is 5.32 Å². The number of ketones is 1. The van der Waals surface area contributed by atoms with Crippen molar-refractivity contribution in [1.29, 1.82) is 0 Å². The van der Waals surface area contributed by atoms with Crippen LogP contribution in [0.25, 0.3) is 0 Å². The fourth-order valence-corrected chi connectivity index (χ4v) is 13.1. The Kier molecular flexibility index (Phi) is 11.2. The standard InChI is InChI=1S/C20H17OSe.C19H17Se/c21-20(17-10-4-1-5-11-17)16-22(18-12-6-2-7-13-18)19-14-8-3-9-15-19;1-4-10-17(11-5-1)16-20(18-12-6-2-7-13-18)19-14-8-3-9-15-19/h1-15H,16H2;1-15H,16H2/q2*+1. The van der Waals surface area contributed by atoms with E-state index in [1.54, 1.807) is 0 Å². The molecule has 42 heavy (non-hydrogen) atoms. The Morgan fingerprint density at radius 2 is 0.690 bits per heavy atom. The van der Waals surface area contributed by atoms with Gasteiger partial charge in [0, 0.05) is 0 Å². The summed E-state index contributed by atoms with van der Waals surface area (Å²) in [6.07, 6.45) is 0. The van der Waals surface area contributed by atoms with E-state index in [0.717, 1.165) is 10.9 Å². The Balaban J connectivity index is 0.000000169. The van der Waals surface area contributed by atoms with E-state index in [4.69, 9.17) is 0 Å². The van der Waals surface area contributed by atoms with Crippen LogP contribution in [-0.4, -0.2) is 33.6 Å². The third-order valence-corrected chi connectivity index (χ3v) is 16.2. The predicted molar refractivity (Wildman–Crippen MR) is 182 cm³/mol. The first-order valence-electron chi connectivity index (χ1n) is 14.0. The molecular weight excluding hydrogens is 642 g/mol. The molecule has 0 saturated carbocycles. The fourth-order valence-electron chi connectivity index (χ4n) is 4.52. The molecule has 1 nitrogen and oxygen atoms in total. The molecule has 0 atom stereocenters. The summed E-state index contributed by atoms with van der Waals surface area (Å²) in [6, 6.07) is 63.2. The number of carbonyl (C=O) groups excluding carboxylic acids is 1. The molecule has 0 radical (unpaired) electrons. The van der Waals surface area contributed by atoms with Crippen molar-refractivity contribution in [2.75, 3.05) is 0 Å². The summed E-state index contributed by atoms with van der Waals surface area (Å²) in [5, 5.41) is 1.77. The molecule has 0 heterocycles. The molecule has 0 aliphatic carbocycles. The van der Waals surface area contributed by atoms with Crippen LogP contribution in [0.4, 0.5) is 0 Å². The third-order valence-electron chi connectivity index (χ3n) is 6.64. The van der Waals surface area contributed by atoms with Crippen molar-refractivity contribution >= 4 is 51.4 Å². The van der Waals surface area contributed by atoms with Crippen molar-refractivity contribution in [2.24, 2.45) is 0 Å². The molecule has 6 rings (SSSR count). The van der Waals surface area contributed by atoms with E-state index < -0.39 is 27.8 Å². The van der Waals surface area contributed by atoms with Gasteiger partial charge in [0.15, 0.2) is 0 Å². The molecule has 0 N–H and O–H groups in total. The maximum absolute atomic E-state index is 12.6. The van der Waals surface area contributed by atoms with Gasteiger partial charge in [-0.25, -0.2) is 0 Å². The van der Waals surface area contributed by atoms with Crippen LogP contribution >= 0.6 is 0 Å². The van der Waals surface area contributed by atoms with Gasteiger partial charge < -0.3 is 0 Å². The van der Waals surface area contributed by atoms with Crippen LogP contribution in [0, 0.1) is 0 Å². The monoisotopic (exact) mass is 678 g/mol. The summed E-state index contributed by atoms with van der Waals surface area (Å²) in [7, 11) is 0. The summed E-state index contributed by atoms with van der Waals surface area (Å²) in [4.78, 5) is 12.6. The molecule has 6 aromatic rings. The van der Waals surface area contributed by atoms with Crippen LogP contribution in [0.5, 0.6) is 0 Å². The Morgan fingerprint density at radius 3 is 1.07 bits per heavy atom. The van der Waals surface area contributed by atoms with Crippen molar-refractivity contribution < 1.29 is 4.79 Å². The molecule has 0 aliphatic heterocycles. The zero-order valence-corrected chi connectivity index (χ0v) is 26.9. The normalized spacial score (nSPS) is 10.6. The first-order valence-corrected chi connectivity index (χ1v) is 19.9. The molecule has 0 aromatic heterocycles. The summed E-state index contributed by atoms with van der Waals surface area (Å²) in [6.45, 7) is 0. The molecule has 0 bridgehead atoms. The SMILES string of the molecule is O=C(C[Se+](c1ccccc1)c1ccccc1)c1ccccc1.c1ccc(C[Se+](c2ccccc2)c2ccccc2)cc1. The Morgan fingerprint density at radius 1 is 0.381 bits per heavy atom. The van der Waals surface area contributed by atoms with Crippen molar-refractivity contribution in [3.63, 3.8) is 0 Å². The molecule has 3 heteroatoms. The minimum atomic E-state index is -1.37. The fraction of sp³-hybridized carbons (Fsp3) is 0.0513. The van der Waals surface area contributed by atoms with Crippen LogP contribution in [0.3, 0.4) is 0 Å². The Bertz CT molecular complexity index is 1530. The second-order valence-electron chi connectivity index (χ2n) is 9.60. The third kappa shape index (κ3) is 8.52. The molecule has 206 valence electrons. The van der Waals surface area contributed by atoms with Gasteiger partial charge in [0.1, 0.15) is 0 Å². The number of benzene rings is 6. The molecule has 6 aromatic carbocycles. The molecule has 0 amide bonds. The topological polar surface area (TPSA) is 17.1 Å². The molecular formula is C39H34OSe2+2. The van der Waals surface area contributed by atoms with Gasteiger partial charge in [-0.05, 0) is 0 Å². The zero-order valence-electron chi connectivity index (χ0n) is 23.5. The quantitative estimate of drug-likeness (QED) is 0.131. The van der Waals surface area contributed by atoms with Gasteiger partial charge >= 0.3 is 260 Å². The average Bonchev–Trinajstić information content (AvgIpc) is 3.09. The second-order valence-corrected chi connectivity index (χ2v) is 18.0. The van der Waals surface area contributed by atoms with Gasteiger partial charge in [-0.1, -0.05) is 0 Å². The molecule has 0 spiro atoms. The van der Waals surface area contributed by atoms with E-state index in [1.165, 1.54) is 23.4 Å². The van der Waals surface area contributed by atoms with Gasteiger partial charge in [0.05, 0.1) is 0 Å². The second kappa shape index (κ2) is 15.9. The minimum absolute atomic E-state index is 0.235. The number of carbonyl (C=O) groups is 1. The van der Waals surface area contributed by atoms with Gasteiger partial charge in [0.2, 0.25) is 0 Å². The van der Waals surface area contributed by atoms with E-state index in [1.807, 2.05) is 42.5 Å². The van der Waals surface area contributed by atoms with E-state index in [2.05, 4.69) is 140 Å². The average molecular weight is 677 g/mol. The predicted octanol–water partition coefficient (Wildman–Crippen LogP) is 6.26. The number of hydrogen-bond acceptors (Lipinski definition) is 1. The van der Waals surface area contributed by atoms with E-state index >= 15 is 0 Å². The van der Waals surface area contributed by atoms with Crippen molar-refractivity contribution in [2.45, 2.75) is 10.6 Å². The van der Waals surface area contributed by atoms with Gasteiger partial charge in [0.25, 0.3) is 0 Å². The van der Waals surface area contributed by atoms with Crippen molar-refractivity contribution in [3.05, 3.63) is 193 Å². The zero-order chi connectivity index (χ0) is 28.8. The molecule has 0 saturated heterocycles. The van der Waals surface area contributed by atoms with Crippen LogP contribution < -0.4 is 17.8 Å². The van der Waals surface area contributed by atoms with E-state index in [0.29, 0.717) is 5.32 Å². The summed E-state index contributed by atoms with van der Waals surface area (Å²) >= 11 is -2.38. The van der Waals surface area contributed by atoms with Gasteiger partial charge in [-0.2, -0.15) is 0 Å². The van der Waals surface area contributed by atoms with E-state index in [9.17, 15) is 4.79 Å². The van der Waals surface area contributed by atoms with Crippen LogP contribution in [-0.2, 0) is 5.32 Å². The summed E-state index contributed by atoms with van der Waals surface area (Å²) in [5.41, 5.74) is 2.24. The molecule has 0 aliphatic rings. The Hall–Kier alpha value is -3.97. The summed E-state index contributed by atoms with van der Waals surface area (Å²) in [5.74, 6) is 0.235. The number of hydrogen-bond donors (Lipinski definition) is 0. The Labute approximate surface area is 258 Å². The van der Waals surface area contributed by atoms with Gasteiger partial charge in [-0.3, -0.25) is 0 Å². The first-order chi connectivity index (χ1) is 20.8.